The van der Waals surface area contributed by atoms with Crippen LogP contribution in [0.2, 0.25) is 0 Å². The maximum absolute atomic E-state index is 13.8. The molecule has 4 aromatic rings. The summed E-state index contributed by atoms with van der Waals surface area (Å²) in [4.78, 5) is 42.4. The van der Waals surface area contributed by atoms with E-state index in [-0.39, 0.29) is 49.7 Å². The Kier molecular flexibility index (Phi) is 10.5. The van der Waals surface area contributed by atoms with Crippen LogP contribution in [0.25, 0.3) is 11.0 Å². The lowest BCUT2D eigenvalue weighted by molar-refractivity contribution is -0.143. The molecule has 0 bridgehead atoms. The van der Waals surface area contributed by atoms with Gasteiger partial charge in [-0.2, -0.15) is 26.3 Å². The van der Waals surface area contributed by atoms with Crippen molar-refractivity contribution in [3.05, 3.63) is 117 Å². The standard InChI is InChI=1S/C32H27F7N2O5/c1-45-12-4-11-40(30(44)21-13-23(31(34,35)36)15-24(14-21)32(37,38)39)18-28(42)41(16-20-7-9-25(33)10-8-20)17-22-19-46-27-6-3-2-5-26(27)29(22)43/h2-3,5-10,13-15,19H,4,11-12,16-18H2,1H3. The number of benzene rings is 3. The van der Waals surface area contributed by atoms with Gasteiger partial charge in [-0.3, -0.25) is 14.4 Å². The highest BCUT2D eigenvalue weighted by Gasteiger charge is 2.38. The van der Waals surface area contributed by atoms with E-state index < -0.39 is 58.6 Å². The van der Waals surface area contributed by atoms with Gasteiger partial charge in [0, 0.05) is 32.4 Å². The van der Waals surface area contributed by atoms with E-state index in [4.69, 9.17) is 9.15 Å². The third-order valence-corrected chi connectivity index (χ3v) is 6.98. The van der Waals surface area contributed by atoms with Crippen LogP contribution in [-0.4, -0.2) is 48.4 Å². The average molecular weight is 653 g/mol. The predicted octanol–water partition coefficient (Wildman–Crippen LogP) is 6.68. The van der Waals surface area contributed by atoms with Gasteiger partial charge in [0.1, 0.15) is 17.9 Å². The third-order valence-electron chi connectivity index (χ3n) is 6.98. The molecule has 0 aliphatic carbocycles. The molecule has 0 N–H and O–H groups in total. The van der Waals surface area contributed by atoms with E-state index in [9.17, 15) is 45.1 Å². The summed E-state index contributed by atoms with van der Waals surface area (Å²) >= 11 is 0. The van der Waals surface area contributed by atoms with Crippen LogP contribution < -0.4 is 5.43 Å². The first-order valence-electron chi connectivity index (χ1n) is 13.8. The second-order valence-corrected chi connectivity index (χ2v) is 10.3. The summed E-state index contributed by atoms with van der Waals surface area (Å²) in [5, 5.41) is 0.232. The molecule has 14 heteroatoms. The van der Waals surface area contributed by atoms with Gasteiger partial charge in [0.25, 0.3) is 5.91 Å². The maximum atomic E-state index is 13.8. The first-order chi connectivity index (χ1) is 21.7. The van der Waals surface area contributed by atoms with Gasteiger partial charge >= 0.3 is 12.4 Å². The summed E-state index contributed by atoms with van der Waals surface area (Å²) < 4.78 is 105. The zero-order valence-electron chi connectivity index (χ0n) is 24.3. The minimum atomic E-state index is -5.19. The molecule has 0 aliphatic heterocycles. The Hall–Kier alpha value is -4.72. The SMILES string of the molecule is COCCCN(CC(=O)N(Cc1ccc(F)cc1)Cc1coc2ccccc2c1=O)C(=O)c1cc(C(F)(F)F)cc(C(F)(F)F)c1. The topological polar surface area (TPSA) is 80.1 Å². The van der Waals surface area contributed by atoms with Gasteiger partial charge in [-0.25, -0.2) is 4.39 Å². The van der Waals surface area contributed by atoms with Crippen LogP contribution in [0.5, 0.6) is 0 Å². The fourth-order valence-corrected chi connectivity index (χ4v) is 4.65. The van der Waals surface area contributed by atoms with Gasteiger partial charge in [0.15, 0.2) is 5.43 Å². The van der Waals surface area contributed by atoms with Gasteiger partial charge < -0.3 is 19.0 Å². The van der Waals surface area contributed by atoms with Crippen molar-refractivity contribution in [3.63, 3.8) is 0 Å². The first-order valence-corrected chi connectivity index (χ1v) is 13.8. The summed E-state index contributed by atoms with van der Waals surface area (Å²) in [6, 6.07) is 11.9. The van der Waals surface area contributed by atoms with Gasteiger partial charge in [0.05, 0.1) is 34.9 Å². The molecule has 1 heterocycles. The van der Waals surface area contributed by atoms with Crippen LogP contribution in [0.3, 0.4) is 0 Å². The summed E-state index contributed by atoms with van der Waals surface area (Å²) in [7, 11) is 1.35. The van der Waals surface area contributed by atoms with Crippen LogP contribution in [0.1, 0.15) is 39.0 Å². The number of ether oxygens (including phenoxy) is 1. The number of fused-ring (bicyclic) bond motifs is 1. The van der Waals surface area contributed by atoms with Gasteiger partial charge in [-0.15, -0.1) is 0 Å². The van der Waals surface area contributed by atoms with Crippen LogP contribution in [-0.2, 0) is 35.0 Å². The van der Waals surface area contributed by atoms with Gasteiger partial charge in [-0.1, -0.05) is 24.3 Å². The minimum Gasteiger partial charge on any atom is -0.464 e. The van der Waals surface area contributed by atoms with Crippen LogP contribution >= 0.6 is 0 Å². The fraction of sp³-hybridized carbons (Fsp3) is 0.281. The number of halogens is 7. The van der Waals surface area contributed by atoms with E-state index in [0.717, 1.165) is 21.9 Å². The van der Waals surface area contributed by atoms with Gasteiger partial charge in [-0.05, 0) is 54.4 Å². The molecule has 0 unspecified atom stereocenters. The molecule has 0 fully saturated rings. The molecule has 0 spiro atoms. The van der Waals surface area contributed by atoms with E-state index in [1.165, 1.54) is 31.6 Å². The Morgan fingerprint density at radius 2 is 1.48 bits per heavy atom. The largest absolute Gasteiger partial charge is 0.464 e. The number of carbonyl (C=O) groups excluding carboxylic acids is 2. The number of para-hydroxylation sites is 1. The Morgan fingerprint density at radius 1 is 0.848 bits per heavy atom. The Balaban J connectivity index is 1.70. The highest BCUT2D eigenvalue weighted by Crippen LogP contribution is 2.36. The number of nitrogens with zero attached hydrogens (tertiary/aromatic N) is 2. The highest BCUT2D eigenvalue weighted by atomic mass is 19.4. The van der Waals surface area contributed by atoms with Crippen LogP contribution in [0, 0.1) is 5.82 Å². The van der Waals surface area contributed by atoms with E-state index >= 15 is 0 Å². The number of alkyl halides is 6. The van der Waals surface area contributed by atoms with Crippen molar-refractivity contribution < 1.29 is 49.5 Å². The van der Waals surface area contributed by atoms with Crippen molar-refractivity contribution in [3.8, 4) is 0 Å². The lowest BCUT2D eigenvalue weighted by Crippen LogP contribution is -2.43. The molecule has 4 rings (SSSR count). The summed E-state index contributed by atoms with van der Waals surface area (Å²) in [5.74, 6) is -2.61. The molecule has 0 saturated heterocycles. The first kappa shape index (κ1) is 34.2. The molecule has 0 radical (unpaired) electrons. The molecule has 0 saturated carbocycles. The van der Waals surface area contributed by atoms with E-state index in [0.29, 0.717) is 23.3 Å². The summed E-state index contributed by atoms with van der Waals surface area (Å²) in [6.07, 6.45) is -9.13. The molecular weight excluding hydrogens is 625 g/mol. The number of hydrogen-bond donors (Lipinski definition) is 0. The van der Waals surface area contributed by atoms with Crippen molar-refractivity contribution in [2.24, 2.45) is 0 Å². The number of methoxy groups -OCH3 is 1. The smallest absolute Gasteiger partial charge is 0.416 e. The maximum Gasteiger partial charge on any atom is 0.416 e. The van der Waals surface area contributed by atoms with Crippen LogP contribution in [0.15, 0.2) is 82.2 Å². The van der Waals surface area contributed by atoms with E-state index in [1.807, 2.05) is 0 Å². The number of amides is 2. The van der Waals surface area contributed by atoms with Crippen molar-refractivity contribution in [2.45, 2.75) is 31.9 Å². The van der Waals surface area contributed by atoms with E-state index in [1.54, 1.807) is 18.2 Å². The van der Waals surface area contributed by atoms with E-state index in [2.05, 4.69) is 0 Å². The highest BCUT2D eigenvalue weighted by molar-refractivity contribution is 5.97. The molecule has 46 heavy (non-hydrogen) atoms. The van der Waals surface area contributed by atoms with Crippen molar-refractivity contribution in [2.75, 3.05) is 26.8 Å². The Morgan fingerprint density at radius 3 is 2.09 bits per heavy atom. The lowest BCUT2D eigenvalue weighted by atomic mass is 10.0. The summed E-state index contributed by atoms with van der Waals surface area (Å²) in [6.45, 7) is -1.51. The van der Waals surface area contributed by atoms with Crippen molar-refractivity contribution >= 4 is 22.8 Å². The Bertz CT molecular complexity index is 1720. The molecule has 0 atom stereocenters. The second-order valence-electron chi connectivity index (χ2n) is 10.3. The molecule has 2 amide bonds. The molecule has 244 valence electrons. The predicted molar refractivity (Wildman–Crippen MR) is 152 cm³/mol. The second kappa shape index (κ2) is 14.1. The normalized spacial score (nSPS) is 11.9. The van der Waals surface area contributed by atoms with Crippen molar-refractivity contribution in [1.82, 2.24) is 9.80 Å². The number of rotatable bonds is 11. The van der Waals surface area contributed by atoms with Crippen LogP contribution in [0.4, 0.5) is 30.7 Å². The number of hydrogen-bond acceptors (Lipinski definition) is 5. The molecule has 0 aliphatic rings. The zero-order valence-corrected chi connectivity index (χ0v) is 24.3. The monoisotopic (exact) mass is 652 g/mol. The lowest BCUT2D eigenvalue weighted by Gasteiger charge is -2.28. The van der Waals surface area contributed by atoms with Crippen molar-refractivity contribution in [1.29, 1.82) is 0 Å². The molecule has 3 aromatic carbocycles. The molecule has 1 aromatic heterocycles. The third kappa shape index (κ3) is 8.50. The minimum absolute atomic E-state index is 0.0547. The average Bonchev–Trinajstić information content (AvgIpc) is 3.01. The molecule has 7 nitrogen and oxygen atoms in total. The summed E-state index contributed by atoms with van der Waals surface area (Å²) in [5.41, 5.74) is -3.96. The fourth-order valence-electron chi connectivity index (χ4n) is 4.65. The molecular formula is C32H27F7N2O5. The zero-order chi connectivity index (χ0) is 33.6. The quantitative estimate of drug-likeness (QED) is 0.134. The Labute approximate surface area is 257 Å². The van der Waals surface area contributed by atoms with Gasteiger partial charge in [0.2, 0.25) is 5.91 Å². The number of carbonyl (C=O) groups is 2.